The Labute approximate surface area is 214 Å². The van der Waals surface area contributed by atoms with Gasteiger partial charge in [-0.05, 0) is 57.9 Å². The van der Waals surface area contributed by atoms with Crippen LogP contribution in [-0.2, 0) is 0 Å². The fraction of sp³-hybridized carbons (Fsp3) is 0.0769. The van der Waals surface area contributed by atoms with E-state index < -0.39 is 4.92 Å². The molecule has 0 saturated heterocycles. The minimum absolute atomic E-state index is 0.0174. The van der Waals surface area contributed by atoms with E-state index in [1.54, 1.807) is 62.8 Å². The highest BCUT2D eigenvalue weighted by Gasteiger charge is 2.23. The molecule has 0 bridgehead atoms. The number of methoxy groups -OCH3 is 2. The van der Waals surface area contributed by atoms with Crippen LogP contribution in [0.25, 0.3) is 22.5 Å². The maximum absolute atomic E-state index is 11.2. The molecule has 0 atom stereocenters. The molecule has 1 N–H and O–H groups in total. The van der Waals surface area contributed by atoms with Crippen LogP contribution in [0.5, 0.6) is 17.2 Å². The van der Waals surface area contributed by atoms with Gasteiger partial charge in [-0.15, -0.1) is 0 Å². The van der Waals surface area contributed by atoms with Crippen molar-refractivity contribution in [3.05, 3.63) is 86.4 Å². The molecular formula is C26H18BrN3O6. The summed E-state index contributed by atoms with van der Waals surface area (Å²) in [7, 11) is 3.12. The van der Waals surface area contributed by atoms with Gasteiger partial charge in [0.2, 0.25) is 5.88 Å². The number of nitriles is 1. The van der Waals surface area contributed by atoms with Gasteiger partial charge in [-0.2, -0.15) is 5.26 Å². The van der Waals surface area contributed by atoms with E-state index in [1.807, 2.05) is 0 Å². The second kappa shape index (κ2) is 10.3. The topological polar surface area (TPSA) is 131 Å². The number of benzene rings is 3. The Balaban J connectivity index is 1.89. The van der Waals surface area contributed by atoms with Crippen LogP contribution in [0.15, 0.2) is 74.5 Å². The van der Waals surface area contributed by atoms with Gasteiger partial charge >= 0.3 is 0 Å². The van der Waals surface area contributed by atoms with Gasteiger partial charge in [0.05, 0.1) is 23.6 Å². The van der Waals surface area contributed by atoms with Crippen molar-refractivity contribution < 1.29 is 23.9 Å². The minimum atomic E-state index is -0.585. The van der Waals surface area contributed by atoms with Crippen LogP contribution < -0.4 is 9.47 Å². The molecule has 0 saturated carbocycles. The number of rotatable bonds is 7. The van der Waals surface area contributed by atoms with Crippen molar-refractivity contribution in [1.82, 2.24) is 0 Å². The molecule has 10 heteroatoms. The number of nitrogens with zero attached hydrogens (tertiary/aromatic N) is 3. The number of aromatic hydroxyl groups is 1. The van der Waals surface area contributed by atoms with Crippen LogP contribution in [0.2, 0.25) is 0 Å². The van der Waals surface area contributed by atoms with E-state index in [2.05, 4.69) is 27.0 Å². The van der Waals surface area contributed by atoms with Gasteiger partial charge in [0.25, 0.3) is 5.69 Å². The van der Waals surface area contributed by atoms with Crippen LogP contribution in [0.1, 0.15) is 11.1 Å². The van der Waals surface area contributed by atoms with Gasteiger partial charge < -0.3 is 19.0 Å². The average Bonchev–Trinajstić information content (AvgIpc) is 3.27. The van der Waals surface area contributed by atoms with E-state index in [0.717, 1.165) is 0 Å². The highest BCUT2D eigenvalue weighted by atomic mass is 79.9. The lowest BCUT2D eigenvalue weighted by molar-refractivity contribution is -0.385. The van der Waals surface area contributed by atoms with Gasteiger partial charge in [0, 0.05) is 35.0 Å². The first-order valence-corrected chi connectivity index (χ1v) is 11.2. The lowest BCUT2D eigenvalue weighted by atomic mass is 9.98. The van der Waals surface area contributed by atoms with Crippen molar-refractivity contribution >= 4 is 33.7 Å². The molecule has 3 aromatic carbocycles. The number of hydrogen-bond acceptors (Lipinski definition) is 8. The van der Waals surface area contributed by atoms with E-state index >= 15 is 0 Å². The summed E-state index contributed by atoms with van der Waals surface area (Å²) in [5.74, 6) is 1.45. The van der Waals surface area contributed by atoms with E-state index in [0.29, 0.717) is 33.9 Å². The summed E-state index contributed by atoms with van der Waals surface area (Å²) in [6.45, 7) is 0. The molecule has 180 valence electrons. The summed E-state index contributed by atoms with van der Waals surface area (Å²) in [5, 5.41) is 31.6. The number of halogens is 1. The van der Waals surface area contributed by atoms with Gasteiger partial charge in [-0.3, -0.25) is 10.1 Å². The van der Waals surface area contributed by atoms with Crippen LogP contribution in [-0.4, -0.2) is 30.5 Å². The third-order valence-corrected chi connectivity index (χ3v) is 5.95. The molecule has 0 spiro atoms. The molecule has 0 aliphatic heterocycles. The Morgan fingerprint density at radius 1 is 1.06 bits per heavy atom. The van der Waals surface area contributed by atoms with Crippen molar-refractivity contribution in [2.45, 2.75) is 0 Å². The van der Waals surface area contributed by atoms with Crippen LogP contribution in [0.3, 0.4) is 0 Å². The summed E-state index contributed by atoms with van der Waals surface area (Å²) >= 11 is 3.11. The number of furan rings is 1. The molecule has 4 aromatic rings. The van der Waals surface area contributed by atoms with Crippen molar-refractivity contribution in [1.29, 1.82) is 5.26 Å². The van der Waals surface area contributed by atoms with Gasteiger partial charge in [-0.25, -0.2) is 4.99 Å². The van der Waals surface area contributed by atoms with Crippen LogP contribution >= 0.6 is 15.9 Å². The number of nitro groups is 1. The molecule has 36 heavy (non-hydrogen) atoms. The first-order valence-electron chi connectivity index (χ1n) is 10.4. The Hall–Kier alpha value is -4.62. The smallest absolute Gasteiger partial charge is 0.271 e. The van der Waals surface area contributed by atoms with Crippen molar-refractivity contribution in [2.24, 2.45) is 4.99 Å². The Kier molecular flexibility index (Phi) is 7.03. The van der Waals surface area contributed by atoms with Gasteiger partial charge in [0.1, 0.15) is 34.6 Å². The van der Waals surface area contributed by atoms with Crippen molar-refractivity contribution in [3.8, 4) is 45.8 Å². The molecule has 0 radical (unpaired) electrons. The van der Waals surface area contributed by atoms with Crippen LogP contribution in [0.4, 0.5) is 11.6 Å². The van der Waals surface area contributed by atoms with E-state index in [-0.39, 0.29) is 32.9 Å². The maximum Gasteiger partial charge on any atom is 0.271 e. The molecule has 0 aliphatic rings. The number of phenolic OH excluding ortho intramolecular Hbond substituents is 1. The summed E-state index contributed by atoms with van der Waals surface area (Å²) in [6, 6.07) is 18.8. The molecule has 0 fully saturated rings. The Bertz CT molecular complexity index is 1500. The lowest BCUT2D eigenvalue weighted by Crippen LogP contribution is -1.91. The van der Waals surface area contributed by atoms with E-state index in [1.165, 1.54) is 18.3 Å². The molecule has 0 unspecified atom stereocenters. The minimum Gasteiger partial charge on any atom is -0.506 e. The third-order valence-electron chi connectivity index (χ3n) is 5.34. The summed E-state index contributed by atoms with van der Waals surface area (Å²) < 4.78 is 16.7. The molecule has 1 aromatic heterocycles. The first kappa shape index (κ1) is 24.5. The molecular weight excluding hydrogens is 530 g/mol. The number of ether oxygens (including phenoxy) is 2. The zero-order valence-corrected chi connectivity index (χ0v) is 20.6. The van der Waals surface area contributed by atoms with Crippen molar-refractivity contribution in [2.75, 3.05) is 14.2 Å². The maximum atomic E-state index is 11.2. The quantitative estimate of drug-likeness (QED) is 0.156. The zero-order chi connectivity index (χ0) is 25.8. The highest BCUT2D eigenvalue weighted by Crippen LogP contribution is 2.43. The van der Waals surface area contributed by atoms with E-state index in [9.17, 15) is 20.5 Å². The number of nitro benzene ring substituents is 1. The fourth-order valence-electron chi connectivity index (χ4n) is 3.53. The number of hydrogen-bond donors (Lipinski definition) is 1. The fourth-order valence-corrected chi connectivity index (χ4v) is 3.99. The average molecular weight is 548 g/mol. The molecule has 1 heterocycles. The molecule has 0 amide bonds. The lowest BCUT2D eigenvalue weighted by Gasteiger charge is -2.06. The number of non-ortho nitro benzene ring substituents is 1. The summed E-state index contributed by atoms with van der Waals surface area (Å²) in [5.41, 5.74) is 1.89. The van der Waals surface area contributed by atoms with Crippen LogP contribution in [0, 0.1) is 21.4 Å². The molecule has 0 aliphatic carbocycles. The largest absolute Gasteiger partial charge is 0.506 e. The monoisotopic (exact) mass is 547 g/mol. The predicted molar refractivity (Wildman–Crippen MR) is 137 cm³/mol. The first-order chi connectivity index (χ1) is 17.4. The van der Waals surface area contributed by atoms with E-state index in [4.69, 9.17) is 13.9 Å². The summed E-state index contributed by atoms with van der Waals surface area (Å²) in [4.78, 5) is 14.9. The third kappa shape index (κ3) is 4.78. The van der Waals surface area contributed by atoms with Crippen molar-refractivity contribution in [3.63, 3.8) is 0 Å². The Morgan fingerprint density at radius 2 is 1.64 bits per heavy atom. The van der Waals surface area contributed by atoms with Gasteiger partial charge in [-0.1, -0.05) is 12.1 Å². The number of aliphatic imine (C=N–C) groups is 1. The van der Waals surface area contributed by atoms with Gasteiger partial charge in [0.15, 0.2) is 0 Å². The molecule has 9 nitrogen and oxygen atoms in total. The molecule has 4 rings (SSSR count). The zero-order valence-electron chi connectivity index (χ0n) is 19.1. The predicted octanol–water partition coefficient (Wildman–Crippen LogP) is 6.63. The highest BCUT2D eigenvalue weighted by molar-refractivity contribution is 9.10. The SMILES string of the molecule is COc1ccc(-c2oc(N=Cc3cc([N+](=O)[O-])cc(Br)c3O)c(C#N)c2-c2ccc(OC)cc2)cc1. The Morgan fingerprint density at radius 3 is 2.17 bits per heavy atom. The number of phenols is 1. The standard InChI is InChI=1S/C26H18BrN3O6/c1-34-19-7-3-15(4-8-19)23-21(13-28)26(36-25(23)16-5-9-20(35-2)10-6-16)29-14-17-11-18(30(32)33)12-22(27)24(17)31/h3-12,14,31H,1-2H3. The second-order valence-electron chi connectivity index (χ2n) is 7.44. The normalized spacial score (nSPS) is 10.8. The second-order valence-corrected chi connectivity index (χ2v) is 8.29. The summed E-state index contributed by atoms with van der Waals surface area (Å²) in [6.07, 6.45) is 1.21.